The van der Waals surface area contributed by atoms with E-state index in [0.29, 0.717) is 29.5 Å². The molecule has 4 aromatic rings. The molecular weight excluding hydrogens is 492 g/mol. The molecule has 0 radical (unpaired) electrons. The van der Waals surface area contributed by atoms with Crippen LogP contribution in [0.25, 0.3) is 0 Å². The number of carbonyl (C=O) groups excluding carboxylic acids is 1. The third kappa shape index (κ3) is 6.43. The molecule has 2 aromatic heterocycles. The zero-order valence-electron chi connectivity index (χ0n) is 19.4. The predicted molar refractivity (Wildman–Crippen MR) is 127 cm³/mol. The molecule has 0 aliphatic heterocycles. The molecular formula is C26H22F4N4O3. The SMILES string of the molecule is O=C(NCc1ccc(Cc2cccn(Cc3ccccc3OCF)c2=O)cc1)c1ncc(C(F)(F)F)[nH]1. The first kappa shape index (κ1) is 25.7. The molecule has 0 saturated carbocycles. The first-order valence-electron chi connectivity index (χ1n) is 11.2. The van der Waals surface area contributed by atoms with Gasteiger partial charge < -0.3 is 19.6 Å². The van der Waals surface area contributed by atoms with Crippen LogP contribution in [0.15, 0.2) is 77.9 Å². The summed E-state index contributed by atoms with van der Waals surface area (Å²) in [5.41, 5.74) is 1.52. The number of halogens is 4. The minimum atomic E-state index is -4.61. The van der Waals surface area contributed by atoms with E-state index in [2.05, 4.69) is 10.3 Å². The van der Waals surface area contributed by atoms with Crippen LogP contribution < -0.4 is 15.6 Å². The number of alkyl halides is 4. The molecule has 2 aromatic carbocycles. The first-order chi connectivity index (χ1) is 17.7. The standard InChI is InChI=1S/C26H22F4N4O3/c27-16-37-21-6-2-1-4-20(21)15-34-11-3-5-19(25(34)36)12-17-7-9-18(10-8-17)13-32-24(35)23-31-14-22(33-23)26(28,29)30/h1-11,14H,12-13,15-16H2,(H,31,33)(H,32,35). The average Bonchev–Trinajstić information content (AvgIpc) is 3.39. The number of H-pyrrole nitrogens is 1. The number of carbonyl (C=O) groups is 1. The summed E-state index contributed by atoms with van der Waals surface area (Å²) in [6.45, 7) is -0.658. The van der Waals surface area contributed by atoms with E-state index in [9.17, 15) is 27.2 Å². The molecule has 2 N–H and O–H groups in total. The quantitative estimate of drug-likeness (QED) is 0.323. The number of aromatic nitrogens is 3. The van der Waals surface area contributed by atoms with Crippen molar-refractivity contribution in [2.45, 2.75) is 25.7 Å². The first-order valence-corrected chi connectivity index (χ1v) is 11.2. The van der Waals surface area contributed by atoms with Crippen LogP contribution >= 0.6 is 0 Å². The molecule has 0 aliphatic rings. The van der Waals surface area contributed by atoms with Crippen molar-refractivity contribution in [3.63, 3.8) is 0 Å². The fourth-order valence-corrected chi connectivity index (χ4v) is 3.70. The summed E-state index contributed by atoms with van der Waals surface area (Å²) in [7, 11) is 0. The molecule has 0 saturated heterocycles. The second-order valence-corrected chi connectivity index (χ2v) is 8.15. The Labute approximate surface area is 208 Å². The van der Waals surface area contributed by atoms with E-state index in [4.69, 9.17) is 4.74 Å². The zero-order chi connectivity index (χ0) is 26.4. The molecule has 4 rings (SSSR count). The van der Waals surface area contributed by atoms with Crippen LogP contribution in [0.4, 0.5) is 17.6 Å². The van der Waals surface area contributed by atoms with E-state index in [-0.39, 0.29) is 18.6 Å². The second-order valence-electron chi connectivity index (χ2n) is 8.15. The van der Waals surface area contributed by atoms with Crippen molar-refractivity contribution < 1.29 is 27.1 Å². The van der Waals surface area contributed by atoms with E-state index in [1.165, 1.54) is 4.57 Å². The highest BCUT2D eigenvalue weighted by Crippen LogP contribution is 2.27. The molecule has 1 amide bonds. The summed E-state index contributed by atoms with van der Waals surface area (Å²) >= 11 is 0. The van der Waals surface area contributed by atoms with Crippen molar-refractivity contribution in [3.8, 4) is 5.75 Å². The van der Waals surface area contributed by atoms with Crippen molar-refractivity contribution in [3.05, 3.63) is 117 Å². The van der Waals surface area contributed by atoms with Gasteiger partial charge in [-0.3, -0.25) is 9.59 Å². The molecule has 0 unspecified atom stereocenters. The number of hydrogen-bond donors (Lipinski definition) is 2. The number of rotatable bonds is 9. The van der Waals surface area contributed by atoms with Crippen molar-refractivity contribution in [2.24, 2.45) is 0 Å². The number of ether oxygens (including phenoxy) is 1. The maximum atomic E-state index is 13.0. The number of nitrogens with zero attached hydrogens (tertiary/aromatic N) is 2. The van der Waals surface area contributed by atoms with Crippen LogP contribution in [0.1, 0.15) is 38.6 Å². The number of nitrogens with one attached hydrogen (secondary N) is 2. The number of imidazole rings is 1. The lowest BCUT2D eigenvalue weighted by atomic mass is 10.0. The van der Waals surface area contributed by atoms with Gasteiger partial charge in [-0.05, 0) is 23.3 Å². The maximum absolute atomic E-state index is 13.0. The summed E-state index contributed by atoms with van der Waals surface area (Å²) in [5, 5.41) is 2.52. The topological polar surface area (TPSA) is 89.0 Å². The van der Waals surface area contributed by atoms with Crippen LogP contribution in [0.2, 0.25) is 0 Å². The molecule has 0 aliphatic carbocycles. The number of aromatic amines is 1. The summed E-state index contributed by atoms with van der Waals surface area (Å²) in [5.74, 6) is -0.816. The van der Waals surface area contributed by atoms with Gasteiger partial charge in [0.2, 0.25) is 6.86 Å². The number of hydrogen-bond acceptors (Lipinski definition) is 4. The summed E-state index contributed by atoms with van der Waals surface area (Å²) in [6.07, 6.45) is -2.03. The van der Waals surface area contributed by atoms with Crippen LogP contribution in [0, 0.1) is 0 Å². The highest BCUT2D eigenvalue weighted by Gasteiger charge is 2.33. The highest BCUT2D eigenvalue weighted by atomic mass is 19.4. The normalized spacial score (nSPS) is 11.4. The fraction of sp³-hybridized carbons (Fsp3) is 0.192. The largest absolute Gasteiger partial charge is 0.463 e. The number of benzene rings is 2. The number of amides is 1. The van der Waals surface area contributed by atoms with E-state index in [0.717, 1.165) is 11.1 Å². The van der Waals surface area contributed by atoms with E-state index in [1.54, 1.807) is 66.9 Å². The van der Waals surface area contributed by atoms with Gasteiger partial charge in [0.15, 0.2) is 5.82 Å². The molecule has 0 fully saturated rings. The van der Waals surface area contributed by atoms with Gasteiger partial charge in [-0.15, -0.1) is 0 Å². The van der Waals surface area contributed by atoms with Crippen LogP contribution in [-0.2, 0) is 25.7 Å². The molecule has 0 atom stereocenters. The van der Waals surface area contributed by atoms with Crippen LogP contribution in [0.5, 0.6) is 5.75 Å². The Morgan fingerprint density at radius 3 is 2.41 bits per heavy atom. The van der Waals surface area contributed by atoms with Crippen LogP contribution in [-0.4, -0.2) is 27.3 Å². The summed E-state index contributed by atoms with van der Waals surface area (Å²) < 4.78 is 57.2. The van der Waals surface area contributed by atoms with Crippen molar-refractivity contribution in [2.75, 3.05) is 6.86 Å². The van der Waals surface area contributed by atoms with Crippen molar-refractivity contribution >= 4 is 5.91 Å². The van der Waals surface area contributed by atoms with Gasteiger partial charge in [0.05, 0.1) is 12.7 Å². The molecule has 0 spiro atoms. The molecule has 7 nitrogen and oxygen atoms in total. The molecule has 2 heterocycles. The Balaban J connectivity index is 1.39. The Morgan fingerprint density at radius 1 is 1.00 bits per heavy atom. The summed E-state index contributed by atoms with van der Waals surface area (Å²) in [4.78, 5) is 30.5. The Hall–Kier alpha value is -4.41. The second kappa shape index (κ2) is 11.1. The predicted octanol–water partition coefficient (Wildman–Crippen LogP) is 4.47. The lowest BCUT2D eigenvalue weighted by Gasteiger charge is -2.12. The lowest BCUT2D eigenvalue weighted by molar-refractivity contribution is -0.140. The average molecular weight is 514 g/mol. The van der Waals surface area contributed by atoms with Gasteiger partial charge in [0.1, 0.15) is 11.4 Å². The van der Waals surface area contributed by atoms with Gasteiger partial charge in [-0.1, -0.05) is 48.5 Å². The van der Waals surface area contributed by atoms with Gasteiger partial charge in [0, 0.05) is 30.3 Å². The van der Waals surface area contributed by atoms with Gasteiger partial charge in [0.25, 0.3) is 11.5 Å². The highest BCUT2D eigenvalue weighted by molar-refractivity contribution is 5.90. The molecule has 37 heavy (non-hydrogen) atoms. The van der Waals surface area contributed by atoms with E-state index >= 15 is 0 Å². The third-order valence-electron chi connectivity index (χ3n) is 5.59. The van der Waals surface area contributed by atoms with E-state index < -0.39 is 30.5 Å². The minimum Gasteiger partial charge on any atom is -0.463 e. The summed E-state index contributed by atoms with van der Waals surface area (Å²) in [6, 6.07) is 17.5. The fourth-order valence-electron chi connectivity index (χ4n) is 3.70. The maximum Gasteiger partial charge on any atom is 0.432 e. The van der Waals surface area contributed by atoms with Gasteiger partial charge in [-0.25, -0.2) is 9.37 Å². The monoisotopic (exact) mass is 514 g/mol. The van der Waals surface area contributed by atoms with Crippen LogP contribution in [0.3, 0.4) is 0 Å². The Bertz CT molecular complexity index is 1430. The van der Waals surface area contributed by atoms with Crippen molar-refractivity contribution in [1.82, 2.24) is 19.9 Å². The van der Waals surface area contributed by atoms with Gasteiger partial charge >= 0.3 is 6.18 Å². The molecule has 192 valence electrons. The number of pyridine rings is 1. The smallest absolute Gasteiger partial charge is 0.432 e. The molecule has 11 heteroatoms. The number of para-hydroxylation sites is 1. The van der Waals surface area contributed by atoms with Gasteiger partial charge in [-0.2, -0.15) is 13.2 Å². The van der Waals surface area contributed by atoms with E-state index in [1.807, 2.05) is 4.98 Å². The lowest BCUT2D eigenvalue weighted by Crippen LogP contribution is -2.24. The van der Waals surface area contributed by atoms with Crippen molar-refractivity contribution in [1.29, 1.82) is 0 Å². The Kier molecular flexibility index (Phi) is 7.71. The third-order valence-corrected chi connectivity index (χ3v) is 5.59. The zero-order valence-corrected chi connectivity index (χ0v) is 19.4. The minimum absolute atomic E-state index is 0.0830. The Morgan fingerprint density at radius 2 is 1.70 bits per heavy atom. The molecule has 0 bridgehead atoms.